The molecular formula is C12H15BrClFN2O2S. The minimum absolute atomic E-state index is 0.159. The molecule has 0 aromatic heterocycles. The largest absolute Gasteiger partial charge is 0.329 e. The van der Waals surface area contributed by atoms with E-state index >= 15 is 0 Å². The van der Waals surface area contributed by atoms with E-state index in [1.807, 2.05) is 0 Å². The highest BCUT2D eigenvalue weighted by Crippen LogP contribution is 2.31. The van der Waals surface area contributed by atoms with Crippen LogP contribution in [0.15, 0.2) is 21.5 Å². The van der Waals surface area contributed by atoms with Crippen LogP contribution < -0.4 is 5.73 Å². The minimum Gasteiger partial charge on any atom is -0.329 e. The van der Waals surface area contributed by atoms with E-state index in [2.05, 4.69) is 15.9 Å². The van der Waals surface area contributed by atoms with Crippen molar-refractivity contribution in [2.45, 2.75) is 30.2 Å². The molecule has 0 radical (unpaired) electrons. The Morgan fingerprint density at radius 1 is 1.45 bits per heavy atom. The molecule has 1 fully saturated rings. The van der Waals surface area contributed by atoms with Crippen LogP contribution in [0.4, 0.5) is 4.39 Å². The van der Waals surface area contributed by atoms with Crippen molar-refractivity contribution in [3.63, 3.8) is 0 Å². The SMILES string of the molecule is NCC1CCCCN1S(=O)(=O)c1cc(Cl)c(Br)cc1F. The van der Waals surface area contributed by atoms with Crippen LogP contribution in [0.1, 0.15) is 19.3 Å². The second-order valence-corrected chi connectivity index (χ2v) is 7.82. The van der Waals surface area contributed by atoms with Gasteiger partial charge < -0.3 is 5.73 Å². The Kier molecular flexibility index (Phi) is 5.07. The van der Waals surface area contributed by atoms with Crippen molar-refractivity contribution in [3.8, 4) is 0 Å². The highest BCUT2D eigenvalue weighted by atomic mass is 79.9. The van der Waals surface area contributed by atoms with Gasteiger partial charge in [-0.2, -0.15) is 4.31 Å². The van der Waals surface area contributed by atoms with Crippen molar-refractivity contribution in [3.05, 3.63) is 27.4 Å². The summed E-state index contributed by atoms with van der Waals surface area (Å²) in [6, 6.07) is 1.92. The monoisotopic (exact) mass is 384 g/mol. The highest BCUT2D eigenvalue weighted by Gasteiger charge is 2.34. The summed E-state index contributed by atoms with van der Waals surface area (Å²) < 4.78 is 40.8. The van der Waals surface area contributed by atoms with E-state index in [1.165, 1.54) is 4.31 Å². The van der Waals surface area contributed by atoms with Crippen LogP contribution >= 0.6 is 27.5 Å². The molecule has 4 nitrogen and oxygen atoms in total. The van der Waals surface area contributed by atoms with Gasteiger partial charge in [0.1, 0.15) is 10.7 Å². The van der Waals surface area contributed by atoms with Gasteiger partial charge in [0.05, 0.1) is 5.02 Å². The maximum Gasteiger partial charge on any atom is 0.246 e. The Morgan fingerprint density at radius 3 is 2.80 bits per heavy atom. The van der Waals surface area contributed by atoms with Gasteiger partial charge in [0.25, 0.3) is 0 Å². The van der Waals surface area contributed by atoms with Crippen molar-refractivity contribution in [1.82, 2.24) is 4.31 Å². The zero-order valence-corrected chi connectivity index (χ0v) is 13.8. The molecule has 1 saturated heterocycles. The van der Waals surface area contributed by atoms with Crippen LogP contribution in [0, 0.1) is 5.82 Å². The molecule has 1 atom stereocenters. The zero-order chi connectivity index (χ0) is 14.9. The number of nitrogens with zero attached hydrogens (tertiary/aromatic N) is 1. The summed E-state index contributed by atoms with van der Waals surface area (Å²) >= 11 is 8.95. The van der Waals surface area contributed by atoms with Crippen molar-refractivity contribution in [1.29, 1.82) is 0 Å². The molecule has 0 bridgehead atoms. The Balaban J connectivity index is 2.46. The summed E-state index contributed by atoms with van der Waals surface area (Å²) in [5.41, 5.74) is 5.63. The number of sulfonamides is 1. The quantitative estimate of drug-likeness (QED) is 0.814. The van der Waals surface area contributed by atoms with Crippen LogP contribution in [-0.4, -0.2) is 31.9 Å². The topological polar surface area (TPSA) is 63.4 Å². The van der Waals surface area contributed by atoms with Crippen LogP contribution in [0.3, 0.4) is 0 Å². The van der Waals surface area contributed by atoms with Crippen LogP contribution in [0.5, 0.6) is 0 Å². The van der Waals surface area contributed by atoms with Crippen LogP contribution in [-0.2, 0) is 10.0 Å². The first kappa shape index (κ1) is 16.2. The average molecular weight is 386 g/mol. The Bertz CT molecular complexity index is 612. The third kappa shape index (κ3) is 3.01. The maximum absolute atomic E-state index is 14.0. The van der Waals surface area contributed by atoms with Gasteiger partial charge in [-0.05, 0) is 40.9 Å². The first-order chi connectivity index (χ1) is 9.37. The van der Waals surface area contributed by atoms with Gasteiger partial charge in [0.2, 0.25) is 10.0 Å². The summed E-state index contributed by atoms with van der Waals surface area (Å²) in [5.74, 6) is -0.817. The van der Waals surface area contributed by atoms with E-state index in [0.29, 0.717) is 17.4 Å². The standard InChI is InChI=1S/C12H15BrClFN2O2S/c13-9-5-11(15)12(6-10(9)14)20(18,19)17-4-2-1-3-8(17)7-16/h5-6,8H,1-4,7,16H2. The van der Waals surface area contributed by atoms with Crippen molar-refractivity contribution >= 4 is 37.6 Å². The van der Waals surface area contributed by atoms with Crippen molar-refractivity contribution < 1.29 is 12.8 Å². The third-order valence-corrected chi connectivity index (χ3v) is 6.57. The molecule has 20 heavy (non-hydrogen) atoms. The van der Waals surface area contributed by atoms with Gasteiger partial charge in [-0.15, -0.1) is 0 Å². The van der Waals surface area contributed by atoms with Gasteiger partial charge >= 0.3 is 0 Å². The fraction of sp³-hybridized carbons (Fsp3) is 0.500. The molecule has 2 rings (SSSR count). The smallest absolute Gasteiger partial charge is 0.246 e. The first-order valence-electron chi connectivity index (χ1n) is 6.24. The predicted molar refractivity (Wildman–Crippen MR) is 79.7 cm³/mol. The molecule has 2 N–H and O–H groups in total. The van der Waals surface area contributed by atoms with Gasteiger partial charge in [-0.3, -0.25) is 0 Å². The minimum atomic E-state index is -3.92. The molecule has 1 aromatic carbocycles. The molecule has 1 aliphatic heterocycles. The third-order valence-electron chi connectivity index (χ3n) is 3.41. The lowest BCUT2D eigenvalue weighted by Crippen LogP contribution is -2.47. The highest BCUT2D eigenvalue weighted by molar-refractivity contribution is 9.10. The Hall–Kier alpha value is -0.210. The number of benzene rings is 1. The number of piperidine rings is 1. The lowest BCUT2D eigenvalue weighted by molar-refractivity contribution is 0.257. The van der Waals surface area contributed by atoms with E-state index in [9.17, 15) is 12.8 Å². The first-order valence-corrected chi connectivity index (χ1v) is 8.85. The van der Waals surface area contributed by atoms with E-state index in [4.69, 9.17) is 17.3 Å². The molecule has 1 aromatic rings. The van der Waals surface area contributed by atoms with Gasteiger partial charge in [-0.25, -0.2) is 12.8 Å². The molecular weight excluding hydrogens is 371 g/mol. The normalized spacial score (nSPS) is 21.1. The van der Waals surface area contributed by atoms with Gasteiger partial charge in [-0.1, -0.05) is 18.0 Å². The molecule has 0 saturated carbocycles. The number of nitrogens with two attached hydrogens (primary N) is 1. The number of rotatable bonds is 3. The van der Waals surface area contributed by atoms with Crippen LogP contribution in [0.2, 0.25) is 5.02 Å². The van der Waals surface area contributed by atoms with Crippen molar-refractivity contribution in [2.75, 3.05) is 13.1 Å². The number of hydrogen-bond acceptors (Lipinski definition) is 3. The van der Waals surface area contributed by atoms with E-state index in [1.54, 1.807) is 0 Å². The predicted octanol–water partition coefficient (Wildman–Crippen LogP) is 2.74. The molecule has 1 aliphatic rings. The summed E-state index contributed by atoms with van der Waals surface area (Å²) in [5, 5.41) is 0.159. The summed E-state index contributed by atoms with van der Waals surface area (Å²) in [4.78, 5) is -0.397. The summed E-state index contributed by atoms with van der Waals surface area (Å²) in [6.07, 6.45) is 2.38. The molecule has 8 heteroatoms. The molecule has 1 unspecified atom stereocenters. The second-order valence-electron chi connectivity index (χ2n) is 4.70. The fourth-order valence-electron chi connectivity index (χ4n) is 2.35. The van der Waals surface area contributed by atoms with E-state index in [-0.39, 0.29) is 17.6 Å². The lowest BCUT2D eigenvalue weighted by atomic mass is 10.1. The molecule has 0 spiro atoms. The zero-order valence-electron chi connectivity index (χ0n) is 10.7. The molecule has 112 valence electrons. The fourth-order valence-corrected chi connectivity index (χ4v) is 4.68. The number of halogens is 3. The maximum atomic E-state index is 14.0. The van der Waals surface area contributed by atoms with E-state index < -0.39 is 20.7 Å². The molecule has 1 heterocycles. The Labute approximate surface area is 131 Å². The average Bonchev–Trinajstić information content (AvgIpc) is 2.42. The molecule has 0 amide bonds. The van der Waals surface area contributed by atoms with Crippen LogP contribution in [0.25, 0.3) is 0 Å². The lowest BCUT2D eigenvalue weighted by Gasteiger charge is -2.34. The van der Waals surface area contributed by atoms with Crippen molar-refractivity contribution in [2.24, 2.45) is 5.73 Å². The second kappa shape index (κ2) is 6.27. The Morgan fingerprint density at radius 2 is 2.15 bits per heavy atom. The molecule has 0 aliphatic carbocycles. The summed E-state index contributed by atoms with van der Waals surface area (Å²) in [6.45, 7) is 0.586. The number of hydrogen-bond donors (Lipinski definition) is 1. The van der Waals surface area contributed by atoms with E-state index in [0.717, 1.165) is 25.0 Å². The summed E-state index contributed by atoms with van der Waals surface area (Å²) in [7, 11) is -3.92. The van der Waals surface area contributed by atoms with Gasteiger partial charge in [0.15, 0.2) is 0 Å². The van der Waals surface area contributed by atoms with Gasteiger partial charge in [0, 0.05) is 23.6 Å².